The van der Waals surface area contributed by atoms with E-state index in [-0.39, 0.29) is 27.7 Å². The van der Waals surface area contributed by atoms with Crippen molar-refractivity contribution in [2.75, 3.05) is 6.61 Å². The summed E-state index contributed by atoms with van der Waals surface area (Å²) in [5.41, 5.74) is 0.942. The van der Waals surface area contributed by atoms with Gasteiger partial charge >= 0.3 is 0 Å². The standard InChI is InChI=1S/C25H34FN3O2/c1-9-12-31-19-11-10-18(26)20-21(19)29(23(24(2,3)4)25(5,6)7)15-17(22(20)30)16-13-27-28(8)14-16/h10-11,13-15,23H,9,12H2,1-8H3. The van der Waals surface area contributed by atoms with Crippen molar-refractivity contribution in [3.63, 3.8) is 0 Å². The predicted molar refractivity (Wildman–Crippen MR) is 124 cm³/mol. The van der Waals surface area contributed by atoms with Gasteiger partial charge in [0, 0.05) is 36.6 Å². The van der Waals surface area contributed by atoms with Gasteiger partial charge in [-0.2, -0.15) is 5.10 Å². The quantitative estimate of drug-likeness (QED) is 0.504. The van der Waals surface area contributed by atoms with Crippen molar-refractivity contribution in [3.05, 3.63) is 46.8 Å². The maximum atomic E-state index is 15.2. The number of halogens is 1. The third-order valence-corrected chi connectivity index (χ3v) is 5.48. The van der Waals surface area contributed by atoms with Crippen LogP contribution in [-0.4, -0.2) is 21.0 Å². The number of nitrogens with zero attached hydrogens (tertiary/aromatic N) is 3. The molecule has 168 valence electrons. The van der Waals surface area contributed by atoms with Gasteiger partial charge < -0.3 is 9.30 Å². The number of hydrogen-bond donors (Lipinski definition) is 0. The lowest BCUT2D eigenvalue weighted by Crippen LogP contribution is -2.36. The van der Waals surface area contributed by atoms with Crippen LogP contribution in [0.3, 0.4) is 0 Å². The molecule has 3 aromatic rings. The molecule has 1 aromatic carbocycles. The highest BCUT2D eigenvalue weighted by atomic mass is 19.1. The monoisotopic (exact) mass is 427 g/mol. The normalized spacial score (nSPS) is 12.7. The molecule has 0 amide bonds. The van der Waals surface area contributed by atoms with Crippen LogP contribution in [0.2, 0.25) is 0 Å². The van der Waals surface area contributed by atoms with E-state index in [1.165, 1.54) is 6.07 Å². The molecule has 0 aliphatic carbocycles. The largest absolute Gasteiger partial charge is 0.491 e. The van der Waals surface area contributed by atoms with Gasteiger partial charge in [0.15, 0.2) is 5.43 Å². The summed E-state index contributed by atoms with van der Waals surface area (Å²) in [6, 6.07) is 2.93. The molecule has 0 spiro atoms. The predicted octanol–water partition coefficient (Wildman–Crippen LogP) is 5.96. The van der Waals surface area contributed by atoms with Gasteiger partial charge in [-0.3, -0.25) is 9.48 Å². The Balaban J connectivity index is 2.51. The van der Waals surface area contributed by atoms with Gasteiger partial charge in [-0.05, 0) is 29.4 Å². The molecule has 0 bridgehead atoms. The molecule has 0 saturated carbocycles. The summed E-state index contributed by atoms with van der Waals surface area (Å²) < 4.78 is 24.9. The van der Waals surface area contributed by atoms with Gasteiger partial charge in [-0.25, -0.2) is 4.39 Å². The molecule has 0 fully saturated rings. The molecule has 0 radical (unpaired) electrons. The SMILES string of the molecule is CCCOc1ccc(F)c2c(=O)c(-c3cnn(C)c3)cn(C(C(C)(C)C)C(C)(C)C)c12. The van der Waals surface area contributed by atoms with E-state index in [1.54, 1.807) is 30.2 Å². The molecule has 5 nitrogen and oxygen atoms in total. The second kappa shape index (κ2) is 8.13. The Labute approximate surface area is 183 Å². The molecule has 3 rings (SSSR count). The first-order chi connectivity index (χ1) is 14.4. The van der Waals surface area contributed by atoms with E-state index < -0.39 is 5.82 Å². The van der Waals surface area contributed by atoms with Crippen LogP contribution in [0.1, 0.15) is 60.9 Å². The number of fused-ring (bicyclic) bond motifs is 1. The maximum absolute atomic E-state index is 15.2. The van der Waals surface area contributed by atoms with Gasteiger partial charge in [0.2, 0.25) is 0 Å². The van der Waals surface area contributed by atoms with Gasteiger partial charge in [-0.1, -0.05) is 48.5 Å². The summed E-state index contributed by atoms with van der Waals surface area (Å²) >= 11 is 0. The van der Waals surface area contributed by atoms with Crippen LogP contribution in [-0.2, 0) is 7.05 Å². The van der Waals surface area contributed by atoms with E-state index in [4.69, 9.17) is 4.74 Å². The van der Waals surface area contributed by atoms with Crippen LogP contribution in [0.4, 0.5) is 4.39 Å². The number of aromatic nitrogens is 3. The lowest BCUT2D eigenvalue weighted by atomic mass is 9.71. The van der Waals surface area contributed by atoms with Gasteiger partial charge in [0.25, 0.3) is 0 Å². The Kier molecular flexibility index (Phi) is 6.05. The molecular formula is C25H34FN3O2. The molecule has 0 saturated heterocycles. The molecule has 6 heteroatoms. The zero-order valence-corrected chi connectivity index (χ0v) is 19.9. The number of ether oxygens (including phenoxy) is 1. The van der Waals surface area contributed by atoms with Gasteiger partial charge in [-0.15, -0.1) is 0 Å². The second-order valence-electron chi connectivity index (χ2n) is 10.4. The number of pyridine rings is 1. The number of aryl methyl sites for hydroxylation is 1. The van der Waals surface area contributed by atoms with Crippen molar-refractivity contribution in [3.8, 4) is 16.9 Å². The van der Waals surface area contributed by atoms with Crippen molar-refractivity contribution in [2.24, 2.45) is 17.9 Å². The van der Waals surface area contributed by atoms with E-state index in [0.29, 0.717) is 29.0 Å². The van der Waals surface area contributed by atoms with Crippen LogP contribution in [0.25, 0.3) is 22.0 Å². The molecule has 2 heterocycles. The lowest BCUT2D eigenvalue weighted by molar-refractivity contribution is 0.114. The van der Waals surface area contributed by atoms with Crippen molar-refractivity contribution >= 4 is 10.9 Å². The molecule has 0 N–H and O–H groups in total. The highest BCUT2D eigenvalue weighted by molar-refractivity contribution is 5.89. The molecular weight excluding hydrogens is 393 g/mol. The molecule has 0 aliphatic rings. The first kappa shape index (κ1) is 23.0. The highest BCUT2D eigenvalue weighted by Crippen LogP contribution is 2.46. The number of rotatable bonds is 5. The van der Waals surface area contributed by atoms with E-state index in [0.717, 1.165) is 6.42 Å². The highest BCUT2D eigenvalue weighted by Gasteiger charge is 2.38. The summed E-state index contributed by atoms with van der Waals surface area (Å²) in [6.45, 7) is 15.5. The van der Waals surface area contributed by atoms with Crippen molar-refractivity contribution < 1.29 is 9.13 Å². The van der Waals surface area contributed by atoms with Crippen LogP contribution in [0.5, 0.6) is 5.75 Å². The number of hydrogen-bond acceptors (Lipinski definition) is 3. The van der Waals surface area contributed by atoms with Crippen LogP contribution in [0.15, 0.2) is 35.5 Å². The third kappa shape index (κ3) is 4.39. The minimum atomic E-state index is -0.537. The Morgan fingerprint density at radius 1 is 1.10 bits per heavy atom. The molecule has 2 aromatic heterocycles. The Hall–Kier alpha value is -2.63. The average Bonchev–Trinajstić information content (AvgIpc) is 3.06. The summed E-state index contributed by atoms with van der Waals surface area (Å²) in [7, 11) is 1.80. The van der Waals surface area contributed by atoms with Crippen LogP contribution in [0, 0.1) is 16.6 Å². The van der Waals surface area contributed by atoms with E-state index in [1.807, 2.05) is 13.1 Å². The van der Waals surface area contributed by atoms with Crippen molar-refractivity contribution in [2.45, 2.75) is 60.9 Å². The summed E-state index contributed by atoms with van der Waals surface area (Å²) in [5, 5.41) is 4.28. The minimum absolute atomic E-state index is 0.0377. The zero-order valence-electron chi connectivity index (χ0n) is 19.9. The third-order valence-electron chi connectivity index (χ3n) is 5.48. The van der Waals surface area contributed by atoms with E-state index in [9.17, 15) is 4.79 Å². The Bertz CT molecular complexity index is 1130. The van der Waals surface area contributed by atoms with Crippen molar-refractivity contribution in [1.29, 1.82) is 0 Å². The Morgan fingerprint density at radius 2 is 1.74 bits per heavy atom. The fraction of sp³-hybridized carbons (Fsp3) is 0.520. The zero-order chi connectivity index (χ0) is 23.1. The van der Waals surface area contributed by atoms with Crippen molar-refractivity contribution in [1.82, 2.24) is 14.3 Å². The van der Waals surface area contributed by atoms with Crippen LogP contribution < -0.4 is 10.2 Å². The summed E-state index contributed by atoms with van der Waals surface area (Å²) in [6.07, 6.45) is 6.11. The molecule has 0 unspecified atom stereocenters. The minimum Gasteiger partial charge on any atom is -0.491 e. The lowest BCUT2D eigenvalue weighted by Gasteiger charge is -2.43. The van der Waals surface area contributed by atoms with Gasteiger partial charge in [0.1, 0.15) is 11.6 Å². The fourth-order valence-electron chi connectivity index (χ4n) is 4.85. The summed E-state index contributed by atoms with van der Waals surface area (Å²) in [5.74, 6) is -0.00325. The topological polar surface area (TPSA) is 49.0 Å². The molecule has 31 heavy (non-hydrogen) atoms. The van der Waals surface area contributed by atoms with E-state index in [2.05, 4.69) is 51.2 Å². The smallest absolute Gasteiger partial charge is 0.200 e. The first-order valence-electron chi connectivity index (χ1n) is 10.9. The average molecular weight is 428 g/mol. The maximum Gasteiger partial charge on any atom is 0.200 e. The fourth-order valence-corrected chi connectivity index (χ4v) is 4.85. The first-order valence-corrected chi connectivity index (χ1v) is 10.9. The molecule has 0 atom stereocenters. The molecule has 0 aliphatic heterocycles. The summed E-state index contributed by atoms with van der Waals surface area (Å²) in [4.78, 5) is 13.5. The van der Waals surface area contributed by atoms with E-state index >= 15 is 4.39 Å². The Morgan fingerprint density at radius 3 is 2.26 bits per heavy atom. The number of benzene rings is 1. The van der Waals surface area contributed by atoms with Crippen LogP contribution >= 0.6 is 0 Å². The van der Waals surface area contributed by atoms with Gasteiger partial charge in [0.05, 0.1) is 23.7 Å². The second-order valence-corrected chi connectivity index (χ2v) is 10.4.